The van der Waals surface area contributed by atoms with Crippen LogP contribution in [0.1, 0.15) is 43.1 Å². The van der Waals surface area contributed by atoms with Crippen molar-refractivity contribution < 1.29 is 14.3 Å². The second kappa shape index (κ2) is 7.15. The maximum absolute atomic E-state index is 12.6. The van der Waals surface area contributed by atoms with Crippen molar-refractivity contribution in [1.29, 1.82) is 0 Å². The molecule has 0 bridgehead atoms. The Balaban J connectivity index is 1.85. The van der Waals surface area contributed by atoms with E-state index in [1.54, 1.807) is 24.3 Å². The minimum atomic E-state index is -0.755. The number of carbonyl (C=O) groups is 2. The zero-order valence-corrected chi connectivity index (χ0v) is 15.7. The lowest BCUT2D eigenvalue weighted by Gasteiger charge is -2.14. The van der Waals surface area contributed by atoms with Gasteiger partial charge in [0.25, 0.3) is 5.56 Å². The molecule has 0 atom stereocenters. The molecule has 1 heterocycles. The largest absolute Gasteiger partial charge is 0.452 e. The zero-order chi connectivity index (χ0) is 19.7. The number of nitrogens with one attached hydrogen (secondary N) is 1. The van der Waals surface area contributed by atoms with Gasteiger partial charge in [0.05, 0.1) is 5.39 Å². The predicted octanol–water partition coefficient (Wildman–Crippen LogP) is 3.20. The van der Waals surface area contributed by atoms with E-state index in [9.17, 15) is 14.4 Å². The van der Waals surface area contributed by atoms with Crippen LogP contribution in [0.5, 0.6) is 0 Å². The fraction of sp³-hybridized carbons (Fsp3) is 0.238. The first-order valence-corrected chi connectivity index (χ1v) is 8.56. The maximum atomic E-state index is 12.6. The Kier molecular flexibility index (Phi) is 4.90. The van der Waals surface area contributed by atoms with Gasteiger partial charge in [-0.2, -0.15) is 5.10 Å². The molecule has 0 amide bonds. The molecule has 0 spiro atoms. The molecule has 6 heteroatoms. The maximum Gasteiger partial charge on any atom is 0.359 e. The highest BCUT2D eigenvalue weighted by atomic mass is 16.5. The van der Waals surface area contributed by atoms with Crippen molar-refractivity contribution in [2.75, 3.05) is 6.61 Å². The van der Waals surface area contributed by atoms with Gasteiger partial charge in [0, 0.05) is 10.9 Å². The fourth-order valence-electron chi connectivity index (χ4n) is 3.26. The number of ketones is 1. The number of aryl methyl sites for hydroxylation is 2. The molecule has 0 aliphatic carbocycles. The van der Waals surface area contributed by atoms with Gasteiger partial charge >= 0.3 is 5.97 Å². The van der Waals surface area contributed by atoms with Crippen molar-refractivity contribution in [2.45, 2.75) is 27.7 Å². The van der Waals surface area contributed by atoms with Gasteiger partial charge in [0.2, 0.25) is 5.78 Å². The molecule has 3 rings (SSSR count). The molecule has 138 valence electrons. The molecule has 0 aliphatic heterocycles. The number of H-pyrrole nitrogens is 1. The standard InChI is InChI=1S/C21H20N2O4/c1-11-9-12(2)18(14(4)13(11)3)17(24)10-27-21(26)19-15-7-5-6-8-16(15)20(25)23-22-19/h5-9H,10H2,1-4H3,(H,23,25). The Hall–Kier alpha value is -3.28. The van der Waals surface area contributed by atoms with Crippen LogP contribution in [0.2, 0.25) is 0 Å². The Morgan fingerprint density at radius 1 is 1.00 bits per heavy atom. The fourth-order valence-corrected chi connectivity index (χ4v) is 3.26. The highest BCUT2D eigenvalue weighted by Gasteiger charge is 2.20. The number of aromatic amines is 1. The van der Waals surface area contributed by atoms with Crippen LogP contribution in [0.3, 0.4) is 0 Å². The number of Topliss-reactive ketones (excluding diaryl/α,β-unsaturated/α-hetero) is 1. The molecule has 1 aromatic heterocycles. The summed E-state index contributed by atoms with van der Waals surface area (Å²) < 4.78 is 5.20. The summed E-state index contributed by atoms with van der Waals surface area (Å²) in [5.41, 5.74) is 4.06. The number of ether oxygens (including phenoxy) is 1. The lowest BCUT2D eigenvalue weighted by Crippen LogP contribution is -2.20. The first-order valence-electron chi connectivity index (χ1n) is 8.56. The Morgan fingerprint density at radius 2 is 1.67 bits per heavy atom. The molecular weight excluding hydrogens is 344 g/mol. The first kappa shape index (κ1) is 18.5. The summed E-state index contributed by atoms with van der Waals surface area (Å²) >= 11 is 0. The van der Waals surface area contributed by atoms with E-state index in [4.69, 9.17) is 4.74 Å². The molecule has 0 aliphatic rings. The van der Waals surface area contributed by atoms with Gasteiger partial charge in [-0.25, -0.2) is 9.89 Å². The van der Waals surface area contributed by atoms with Gasteiger partial charge in [-0.3, -0.25) is 9.59 Å². The van der Waals surface area contributed by atoms with Crippen LogP contribution in [0, 0.1) is 27.7 Å². The quantitative estimate of drug-likeness (QED) is 0.567. The normalized spacial score (nSPS) is 10.8. The Labute approximate surface area is 156 Å². The molecule has 6 nitrogen and oxygen atoms in total. The molecule has 0 unspecified atom stereocenters. The monoisotopic (exact) mass is 364 g/mol. The van der Waals surface area contributed by atoms with Crippen LogP contribution < -0.4 is 5.56 Å². The van der Waals surface area contributed by atoms with E-state index in [1.165, 1.54) is 0 Å². The van der Waals surface area contributed by atoms with Crippen molar-refractivity contribution in [3.8, 4) is 0 Å². The third kappa shape index (κ3) is 3.38. The van der Waals surface area contributed by atoms with E-state index in [-0.39, 0.29) is 17.0 Å². The van der Waals surface area contributed by atoms with Crippen LogP contribution >= 0.6 is 0 Å². The molecule has 3 aromatic rings. The van der Waals surface area contributed by atoms with E-state index in [1.807, 2.05) is 33.8 Å². The lowest BCUT2D eigenvalue weighted by atomic mass is 9.92. The van der Waals surface area contributed by atoms with Crippen molar-refractivity contribution in [1.82, 2.24) is 10.2 Å². The van der Waals surface area contributed by atoms with E-state index in [0.29, 0.717) is 16.3 Å². The lowest BCUT2D eigenvalue weighted by molar-refractivity contribution is 0.0469. The summed E-state index contributed by atoms with van der Waals surface area (Å²) in [7, 11) is 0. The average Bonchev–Trinajstić information content (AvgIpc) is 2.65. The minimum absolute atomic E-state index is 0.0217. The molecular formula is C21H20N2O4. The number of esters is 1. The molecule has 0 saturated heterocycles. The third-order valence-electron chi connectivity index (χ3n) is 4.86. The molecule has 1 N–H and O–H groups in total. The Bertz CT molecular complexity index is 1130. The number of nitrogens with zero attached hydrogens (tertiary/aromatic N) is 1. The summed E-state index contributed by atoms with van der Waals surface area (Å²) in [6.07, 6.45) is 0. The van der Waals surface area contributed by atoms with E-state index in [0.717, 1.165) is 22.3 Å². The van der Waals surface area contributed by atoms with Crippen LogP contribution in [0.25, 0.3) is 10.8 Å². The van der Waals surface area contributed by atoms with Gasteiger partial charge in [-0.1, -0.05) is 24.3 Å². The summed E-state index contributed by atoms with van der Waals surface area (Å²) in [6, 6.07) is 8.57. The predicted molar refractivity (Wildman–Crippen MR) is 102 cm³/mol. The van der Waals surface area contributed by atoms with Crippen molar-refractivity contribution in [3.05, 3.63) is 74.2 Å². The second-order valence-electron chi connectivity index (χ2n) is 6.58. The highest BCUT2D eigenvalue weighted by molar-refractivity contribution is 6.05. The molecule has 2 aromatic carbocycles. The topological polar surface area (TPSA) is 89.1 Å². The number of carbonyl (C=O) groups excluding carboxylic acids is 2. The number of rotatable bonds is 4. The summed E-state index contributed by atoms with van der Waals surface area (Å²) in [4.78, 5) is 36.9. The van der Waals surface area contributed by atoms with Gasteiger partial charge in [0.1, 0.15) is 0 Å². The second-order valence-corrected chi connectivity index (χ2v) is 6.58. The SMILES string of the molecule is Cc1cc(C)c(C(=O)COC(=O)c2n[nH]c(=O)c3ccccc23)c(C)c1C. The van der Waals surface area contributed by atoms with Crippen molar-refractivity contribution >= 4 is 22.5 Å². The van der Waals surface area contributed by atoms with Gasteiger partial charge < -0.3 is 4.74 Å². The van der Waals surface area contributed by atoms with Crippen molar-refractivity contribution in [3.63, 3.8) is 0 Å². The smallest absolute Gasteiger partial charge is 0.359 e. The van der Waals surface area contributed by atoms with Gasteiger partial charge in [0.15, 0.2) is 12.3 Å². The van der Waals surface area contributed by atoms with E-state index < -0.39 is 12.6 Å². The van der Waals surface area contributed by atoms with Crippen LogP contribution in [0.4, 0.5) is 0 Å². The van der Waals surface area contributed by atoms with Crippen LogP contribution in [-0.4, -0.2) is 28.6 Å². The number of fused-ring (bicyclic) bond motifs is 1. The van der Waals surface area contributed by atoms with Crippen LogP contribution in [-0.2, 0) is 4.74 Å². The van der Waals surface area contributed by atoms with E-state index >= 15 is 0 Å². The number of aromatic nitrogens is 2. The number of hydrogen-bond donors (Lipinski definition) is 1. The average molecular weight is 364 g/mol. The Morgan fingerprint density at radius 3 is 2.37 bits per heavy atom. The first-order chi connectivity index (χ1) is 12.8. The molecule has 0 saturated carbocycles. The molecule has 27 heavy (non-hydrogen) atoms. The summed E-state index contributed by atoms with van der Waals surface area (Å²) in [5.74, 6) is -1.02. The number of benzene rings is 2. The molecule has 0 fully saturated rings. The summed E-state index contributed by atoms with van der Waals surface area (Å²) in [6.45, 7) is 7.32. The van der Waals surface area contributed by atoms with E-state index in [2.05, 4.69) is 10.2 Å². The minimum Gasteiger partial charge on any atom is -0.452 e. The zero-order valence-electron chi connectivity index (χ0n) is 15.7. The van der Waals surface area contributed by atoms with Crippen LogP contribution in [0.15, 0.2) is 35.1 Å². The number of hydrogen-bond acceptors (Lipinski definition) is 5. The molecule has 0 radical (unpaired) electrons. The van der Waals surface area contributed by atoms with Crippen molar-refractivity contribution in [2.24, 2.45) is 0 Å². The highest BCUT2D eigenvalue weighted by Crippen LogP contribution is 2.22. The summed E-state index contributed by atoms with van der Waals surface area (Å²) in [5, 5.41) is 6.80. The third-order valence-corrected chi connectivity index (χ3v) is 4.86. The van der Waals surface area contributed by atoms with Gasteiger partial charge in [-0.15, -0.1) is 0 Å². The van der Waals surface area contributed by atoms with Gasteiger partial charge in [-0.05, 0) is 56.0 Å².